The number of rotatable bonds is 15. The Balaban J connectivity index is 3.34. The minimum atomic E-state index is 0.641. The van der Waals surface area contributed by atoms with Gasteiger partial charge in [0, 0.05) is 5.88 Å². The van der Waals surface area contributed by atoms with Gasteiger partial charge in [0.2, 0.25) is 0 Å². The van der Waals surface area contributed by atoms with Crippen LogP contribution in [0.4, 0.5) is 0 Å². The molecular formula is C15H33NS4. The molecule has 0 spiro atoms. The van der Waals surface area contributed by atoms with E-state index in [1.54, 1.807) is 0 Å². The summed E-state index contributed by atoms with van der Waals surface area (Å²) < 4.78 is 0. The van der Waals surface area contributed by atoms with Gasteiger partial charge in [-0.15, -0.1) is 23.5 Å². The second-order valence-electron chi connectivity index (χ2n) is 5.19. The molecule has 20 heavy (non-hydrogen) atoms. The van der Waals surface area contributed by atoms with Crippen molar-refractivity contribution < 1.29 is 0 Å². The largest absolute Gasteiger partial charge is 0.286 e. The molecule has 0 heterocycles. The molecule has 0 bridgehead atoms. The van der Waals surface area contributed by atoms with Crippen molar-refractivity contribution in [1.82, 2.24) is 4.90 Å². The van der Waals surface area contributed by atoms with E-state index >= 15 is 0 Å². The fraction of sp³-hybridized carbons (Fsp3) is 1.00. The number of hydrogen-bond acceptors (Lipinski definition) is 5. The molecule has 1 nitrogen and oxygen atoms in total. The molecular weight excluding hydrogens is 322 g/mol. The number of nitrogens with zero attached hydrogens (tertiary/aromatic N) is 1. The van der Waals surface area contributed by atoms with Crippen molar-refractivity contribution in [2.45, 2.75) is 57.2 Å². The van der Waals surface area contributed by atoms with Crippen molar-refractivity contribution in [2.24, 2.45) is 0 Å². The fourth-order valence-electron chi connectivity index (χ4n) is 1.75. The summed E-state index contributed by atoms with van der Waals surface area (Å²) in [5.41, 5.74) is 0. The second kappa shape index (κ2) is 16.7. The summed E-state index contributed by atoms with van der Waals surface area (Å²) in [7, 11) is 2.25. The van der Waals surface area contributed by atoms with Gasteiger partial charge in [-0.3, -0.25) is 4.90 Å². The second-order valence-corrected chi connectivity index (χ2v) is 8.58. The fourth-order valence-corrected chi connectivity index (χ4v) is 4.39. The highest BCUT2D eigenvalue weighted by atomic mass is 32.2. The summed E-state index contributed by atoms with van der Waals surface area (Å²) in [6.45, 7) is 2.33. The third-order valence-corrected chi connectivity index (χ3v) is 6.44. The van der Waals surface area contributed by atoms with Gasteiger partial charge in [-0.1, -0.05) is 19.3 Å². The third kappa shape index (κ3) is 14.3. The number of thioether (sulfide) groups is 2. The van der Waals surface area contributed by atoms with Gasteiger partial charge in [-0.25, -0.2) is 0 Å². The molecule has 1 unspecified atom stereocenters. The van der Waals surface area contributed by atoms with Crippen LogP contribution in [-0.2, 0) is 0 Å². The Morgan fingerprint density at radius 2 is 1.40 bits per heavy atom. The molecule has 0 rings (SSSR count). The molecule has 0 aromatic heterocycles. The van der Waals surface area contributed by atoms with Gasteiger partial charge in [-0.05, 0) is 62.7 Å². The molecule has 0 fully saturated rings. The van der Waals surface area contributed by atoms with E-state index in [9.17, 15) is 0 Å². The first-order valence-electron chi connectivity index (χ1n) is 7.83. The van der Waals surface area contributed by atoms with Crippen LogP contribution in [0.3, 0.4) is 0 Å². The Bertz CT molecular complexity index is 193. The summed E-state index contributed by atoms with van der Waals surface area (Å²) in [6, 6.07) is 0. The molecule has 0 radical (unpaired) electrons. The predicted molar refractivity (Wildman–Crippen MR) is 107 cm³/mol. The Hall–Kier alpha value is 1.36. The van der Waals surface area contributed by atoms with E-state index in [4.69, 9.17) is 0 Å². The maximum Gasteiger partial charge on any atom is 0.0533 e. The molecule has 122 valence electrons. The maximum atomic E-state index is 4.25. The van der Waals surface area contributed by atoms with Crippen molar-refractivity contribution in [1.29, 1.82) is 0 Å². The highest BCUT2D eigenvalue weighted by Gasteiger charge is 2.08. The molecule has 0 amide bonds. The quantitative estimate of drug-likeness (QED) is 0.234. The average molecular weight is 356 g/mol. The van der Waals surface area contributed by atoms with Crippen LogP contribution in [0.1, 0.15) is 51.9 Å². The van der Waals surface area contributed by atoms with Gasteiger partial charge in [0.05, 0.1) is 5.37 Å². The molecule has 0 aliphatic carbocycles. The predicted octanol–water partition coefficient (Wildman–Crippen LogP) is 5.28. The van der Waals surface area contributed by atoms with Gasteiger partial charge in [-0.2, -0.15) is 25.3 Å². The number of thiol groups is 2. The standard InChI is InChI=1S/C15H33NS4/c1-15(20-13-9-5-7-11-18)16(2)14-19-12-8-4-3-6-10-17/h15,17-18H,3-14H2,1-2H3. The van der Waals surface area contributed by atoms with Gasteiger partial charge < -0.3 is 0 Å². The lowest BCUT2D eigenvalue weighted by atomic mass is 10.2. The van der Waals surface area contributed by atoms with Gasteiger partial charge >= 0.3 is 0 Å². The molecule has 0 saturated carbocycles. The van der Waals surface area contributed by atoms with Crippen LogP contribution in [0.15, 0.2) is 0 Å². The summed E-state index contributed by atoms with van der Waals surface area (Å²) in [5, 5.41) is 0.641. The van der Waals surface area contributed by atoms with Crippen LogP contribution < -0.4 is 0 Å². The van der Waals surface area contributed by atoms with E-state index in [1.807, 2.05) is 0 Å². The first-order valence-corrected chi connectivity index (χ1v) is 11.3. The van der Waals surface area contributed by atoms with Crippen LogP contribution in [0, 0.1) is 0 Å². The number of unbranched alkanes of at least 4 members (excludes halogenated alkanes) is 5. The molecule has 0 aliphatic heterocycles. The first-order chi connectivity index (χ1) is 9.72. The minimum absolute atomic E-state index is 0.641. The molecule has 5 heteroatoms. The van der Waals surface area contributed by atoms with Crippen LogP contribution in [0.2, 0.25) is 0 Å². The van der Waals surface area contributed by atoms with E-state index in [-0.39, 0.29) is 0 Å². The molecule has 1 atom stereocenters. The third-order valence-electron chi connectivity index (χ3n) is 3.27. The van der Waals surface area contributed by atoms with Crippen LogP contribution in [-0.4, -0.2) is 46.2 Å². The van der Waals surface area contributed by atoms with Gasteiger partial charge in [0.1, 0.15) is 0 Å². The summed E-state index contributed by atoms with van der Waals surface area (Å²) >= 11 is 12.7. The highest BCUT2D eigenvalue weighted by Crippen LogP contribution is 2.19. The number of hydrogen-bond donors (Lipinski definition) is 2. The first kappa shape index (κ1) is 21.4. The normalized spacial score (nSPS) is 13.1. The van der Waals surface area contributed by atoms with Crippen LogP contribution in [0.5, 0.6) is 0 Å². The summed E-state index contributed by atoms with van der Waals surface area (Å²) in [4.78, 5) is 2.47. The Morgan fingerprint density at radius 1 is 0.850 bits per heavy atom. The summed E-state index contributed by atoms with van der Waals surface area (Å²) in [5.74, 6) is 5.82. The maximum absolute atomic E-state index is 4.25. The zero-order chi connectivity index (χ0) is 15.1. The van der Waals surface area contributed by atoms with E-state index < -0.39 is 0 Å². The van der Waals surface area contributed by atoms with Crippen LogP contribution in [0.25, 0.3) is 0 Å². The molecule has 0 aromatic carbocycles. The molecule has 0 N–H and O–H groups in total. The van der Waals surface area contributed by atoms with Gasteiger partial charge in [0.25, 0.3) is 0 Å². The lowest BCUT2D eigenvalue weighted by molar-refractivity contribution is 0.386. The van der Waals surface area contributed by atoms with E-state index in [1.165, 1.54) is 56.5 Å². The van der Waals surface area contributed by atoms with Crippen molar-refractivity contribution >= 4 is 48.8 Å². The average Bonchev–Trinajstić information content (AvgIpc) is 2.45. The highest BCUT2D eigenvalue weighted by molar-refractivity contribution is 8.00. The van der Waals surface area contributed by atoms with Gasteiger partial charge in [0.15, 0.2) is 0 Å². The molecule has 0 aliphatic rings. The van der Waals surface area contributed by atoms with Crippen molar-refractivity contribution in [3.8, 4) is 0 Å². The summed E-state index contributed by atoms with van der Waals surface area (Å²) in [6.07, 6.45) is 9.27. The Kier molecular flexibility index (Phi) is 17.9. The van der Waals surface area contributed by atoms with Crippen molar-refractivity contribution in [3.63, 3.8) is 0 Å². The van der Waals surface area contributed by atoms with Crippen molar-refractivity contribution in [3.05, 3.63) is 0 Å². The smallest absolute Gasteiger partial charge is 0.0533 e. The Labute approximate surface area is 146 Å². The van der Waals surface area contributed by atoms with E-state index in [0.717, 1.165) is 17.4 Å². The topological polar surface area (TPSA) is 3.24 Å². The zero-order valence-electron chi connectivity index (χ0n) is 13.2. The van der Waals surface area contributed by atoms with E-state index in [2.05, 4.69) is 67.7 Å². The lowest BCUT2D eigenvalue weighted by Crippen LogP contribution is -2.26. The molecule has 0 saturated heterocycles. The van der Waals surface area contributed by atoms with Crippen LogP contribution >= 0.6 is 48.8 Å². The monoisotopic (exact) mass is 355 g/mol. The Morgan fingerprint density at radius 3 is 2.05 bits per heavy atom. The minimum Gasteiger partial charge on any atom is -0.286 e. The van der Waals surface area contributed by atoms with Crippen molar-refractivity contribution in [2.75, 3.05) is 35.9 Å². The van der Waals surface area contributed by atoms with E-state index in [0.29, 0.717) is 5.37 Å². The molecule has 0 aromatic rings. The lowest BCUT2D eigenvalue weighted by Gasteiger charge is -2.23. The SMILES string of the molecule is CC(SCCCCCS)N(C)CSCCCCCCS. The zero-order valence-corrected chi connectivity index (χ0v) is 16.6.